The summed E-state index contributed by atoms with van der Waals surface area (Å²) in [4.78, 5) is 2.60. The molecular weight excluding hydrogens is 244 g/mol. The summed E-state index contributed by atoms with van der Waals surface area (Å²) in [5, 5.41) is 3.66. The molecule has 1 aliphatic carbocycles. The van der Waals surface area contributed by atoms with Crippen LogP contribution in [-0.4, -0.2) is 30.6 Å². The number of likely N-dealkylation sites (N-methyl/N-ethyl adjacent to an activating group) is 1. The van der Waals surface area contributed by atoms with Crippen molar-refractivity contribution in [1.29, 1.82) is 0 Å². The van der Waals surface area contributed by atoms with Crippen molar-refractivity contribution in [1.82, 2.24) is 10.2 Å². The van der Waals surface area contributed by atoms with E-state index in [0.29, 0.717) is 6.04 Å². The number of nitrogens with one attached hydrogen (secondary N) is 1. The van der Waals surface area contributed by atoms with Crippen LogP contribution >= 0.6 is 0 Å². The largest absolute Gasteiger partial charge is 0.309 e. The Kier molecular flexibility index (Phi) is 6.06. The summed E-state index contributed by atoms with van der Waals surface area (Å²) < 4.78 is 0. The quantitative estimate of drug-likeness (QED) is 0.737. The fourth-order valence-electron chi connectivity index (χ4n) is 2.84. The zero-order valence-electron chi connectivity index (χ0n) is 13.4. The third-order valence-electron chi connectivity index (χ3n) is 4.34. The van der Waals surface area contributed by atoms with Gasteiger partial charge in [0.2, 0.25) is 0 Å². The van der Waals surface area contributed by atoms with Gasteiger partial charge in [0.25, 0.3) is 0 Å². The van der Waals surface area contributed by atoms with E-state index in [1.165, 1.54) is 49.9 Å². The monoisotopic (exact) mass is 274 g/mol. The van der Waals surface area contributed by atoms with E-state index in [2.05, 4.69) is 55.3 Å². The highest BCUT2D eigenvalue weighted by Gasteiger charge is 2.27. The van der Waals surface area contributed by atoms with Crippen molar-refractivity contribution in [2.24, 2.45) is 0 Å². The molecule has 1 unspecified atom stereocenters. The van der Waals surface area contributed by atoms with Crippen LogP contribution in [0.4, 0.5) is 0 Å². The molecule has 0 amide bonds. The van der Waals surface area contributed by atoms with Crippen LogP contribution in [0.25, 0.3) is 0 Å². The highest BCUT2D eigenvalue weighted by molar-refractivity contribution is 5.24. The van der Waals surface area contributed by atoms with Crippen LogP contribution in [0.1, 0.15) is 57.2 Å². The van der Waals surface area contributed by atoms with Gasteiger partial charge in [-0.25, -0.2) is 0 Å². The van der Waals surface area contributed by atoms with Crippen LogP contribution in [0, 0.1) is 0 Å². The average Bonchev–Trinajstić information content (AvgIpc) is 3.29. The van der Waals surface area contributed by atoms with Gasteiger partial charge in [0.1, 0.15) is 0 Å². The van der Waals surface area contributed by atoms with Crippen molar-refractivity contribution in [3.05, 3.63) is 35.4 Å². The van der Waals surface area contributed by atoms with Crippen LogP contribution < -0.4 is 5.32 Å². The van der Waals surface area contributed by atoms with E-state index >= 15 is 0 Å². The summed E-state index contributed by atoms with van der Waals surface area (Å²) in [5.74, 6) is 0. The molecule has 0 aliphatic heterocycles. The Labute approximate surface area is 124 Å². The minimum Gasteiger partial charge on any atom is -0.309 e. The maximum absolute atomic E-state index is 3.66. The zero-order chi connectivity index (χ0) is 14.4. The third-order valence-corrected chi connectivity index (χ3v) is 4.34. The molecule has 0 radical (unpaired) electrons. The van der Waals surface area contributed by atoms with E-state index in [4.69, 9.17) is 0 Å². The first-order valence-electron chi connectivity index (χ1n) is 8.30. The highest BCUT2D eigenvalue weighted by Crippen LogP contribution is 2.26. The summed E-state index contributed by atoms with van der Waals surface area (Å²) in [7, 11) is 0. The van der Waals surface area contributed by atoms with Crippen molar-refractivity contribution in [2.45, 2.75) is 58.5 Å². The molecule has 20 heavy (non-hydrogen) atoms. The van der Waals surface area contributed by atoms with Crippen LogP contribution in [-0.2, 0) is 6.42 Å². The van der Waals surface area contributed by atoms with Gasteiger partial charge in [-0.2, -0.15) is 0 Å². The van der Waals surface area contributed by atoms with Crippen LogP contribution in [0.2, 0.25) is 0 Å². The lowest BCUT2D eigenvalue weighted by molar-refractivity contribution is 0.273. The minimum atomic E-state index is 0.448. The number of hydrogen-bond acceptors (Lipinski definition) is 2. The van der Waals surface area contributed by atoms with Crippen molar-refractivity contribution in [3.8, 4) is 0 Å². The number of aryl methyl sites for hydroxylation is 1. The number of benzene rings is 1. The smallest absolute Gasteiger partial charge is 0.0292 e. The summed E-state index contributed by atoms with van der Waals surface area (Å²) in [6.45, 7) is 10.2. The van der Waals surface area contributed by atoms with E-state index in [9.17, 15) is 0 Å². The Balaban J connectivity index is 1.74. The molecule has 2 rings (SSSR count). The van der Waals surface area contributed by atoms with Crippen LogP contribution in [0.5, 0.6) is 0 Å². The van der Waals surface area contributed by atoms with Gasteiger partial charge in [-0.1, -0.05) is 44.5 Å². The Morgan fingerprint density at radius 1 is 1.20 bits per heavy atom. The van der Waals surface area contributed by atoms with Gasteiger partial charge in [0.15, 0.2) is 0 Å². The summed E-state index contributed by atoms with van der Waals surface area (Å²) >= 11 is 0. The first-order chi connectivity index (χ1) is 9.74. The Morgan fingerprint density at radius 2 is 1.90 bits per heavy atom. The second-order valence-corrected chi connectivity index (χ2v) is 6.03. The average molecular weight is 274 g/mol. The molecular formula is C18H30N2. The van der Waals surface area contributed by atoms with Gasteiger partial charge in [-0.05, 0) is 43.9 Å². The first-order valence-corrected chi connectivity index (χ1v) is 8.30. The van der Waals surface area contributed by atoms with E-state index in [0.717, 1.165) is 12.6 Å². The van der Waals surface area contributed by atoms with Gasteiger partial charge in [0.05, 0.1) is 0 Å². The Bertz CT molecular complexity index is 381. The molecule has 2 nitrogen and oxygen atoms in total. The van der Waals surface area contributed by atoms with Gasteiger partial charge >= 0.3 is 0 Å². The van der Waals surface area contributed by atoms with Crippen molar-refractivity contribution < 1.29 is 0 Å². The zero-order valence-corrected chi connectivity index (χ0v) is 13.4. The normalized spacial score (nSPS) is 16.6. The number of nitrogens with zero attached hydrogens (tertiary/aromatic N) is 1. The van der Waals surface area contributed by atoms with E-state index in [1.807, 2.05) is 0 Å². The fourth-order valence-corrected chi connectivity index (χ4v) is 2.84. The van der Waals surface area contributed by atoms with Crippen LogP contribution in [0.3, 0.4) is 0 Å². The summed E-state index contributed by atoms with van der Waals surface area (Å²) in [5.41, 5.74) is 2.86. The van der Waals surface area contributed by atoms with Crippen molar-refractivity contribution >= 4 is 0 Å². The van der Waals surface area contributed by atoms with Crippen molar-refractivity contribution in [2.75, 3.05) is 19.6 Å². The molecule has 1 fully saturated rings. The Hall–Kier alpha value is -0.860. The maximum Gasteiger partial charge on any atom is 0.0292 e. The molecule has 1 N–H and O–H groups in total. The number of rotatable bonds is 9. The molecule has 2 heteroatoms. The molecule has 0 spiro atoms. The van der Waals surface area contributed by atoms with Gasteiger partial charge < -0.3 is 5.32 Å². The lowest BCUT2D eigenvalue weighted by Crippen LogP contribution is -2.34. The lowest BCUT2D eigenvalue weighted by atomic mass is 10.0. The van der Waals surface area contributed by atoms with Gasteiger partial charge in [-0.3, -0.25) is 4.90 Å². The van der Waals surface area contributed by atoms with Gasteiger partial charge in [-0.15, -0.1) is 0 Å². The molecule has 0 saturated heterocycles. The molecule has 1 aromatic carbocycles. The lowest BCUT2D eigenvalue weighted by Gasteiger charge is -2.22. The SMILES string of the molecule is CCCc1ccc(C(C)NCCN(CC)C2CC2)cc1. The fraction of sp³-hybridized carbons (Fsp3) is 0.667. The second-order valence-electron chi connectivity index (χ2n) is 6.03. The van der Waals surface area contributed by atoms with Gasteiger partial charge in [0, 0.05) is 25.2 Å². The standard InChI is InChI=1S/C18H30N2/c1-4-6-16-7-9-17(10-8-16)15(3)19-13-14-20(5-2)18-11-12-18/h7-10,15,18-19H,4-6,11-14H2,1-3H3. The Morgan fingerprint density at radius 3 is 2.45 bits per heavy atom. The van der Waals surface area contributed by atoms with E-state index in [-0.39, 0.29) is 0 Å². The van der Waals surface area contributed by atoms with Crippen LogP contribution in [0.15, 0.2) is 24.3 Å². The predicted octanol–water partition coefficient (Wildman–Crippen LogP) is 3.77. The molecule has 0 heterocycles. The van der Waals surface area contributed by atoms with E-state index < -0.39 is 0 Å². The summed E-state index contributed by atoms with van der Waals surface area (Å²) in [6, 6.07) is 10.4. The highest BCUT2D eigenvalue weighted by atomic mass is 15.2. The second kappa shape index (κ2) is 7.80. The molecule has 1 saturated carbocycles. The molecule has 1 aromatic rings. The molecule has 0 aromatic heterocycles. The molecule has 0 bridgehead atoms. The summed E-state index contributed by atoms with van der Waals surface area (Å²) in [6.07, 6.45) is 5.22. The van der Waals surface area contributed by atoms with Crippen molar-refractivity contribution in [3.63, 3.8) is 0 Å². The minimum absolute atomic E-state index is 0.448. The molecule has 1 atom stereocenters. The molecule has 1 aliphatic rings. The topological polar surface area (TPSA) is 15.3 Å². The third kappa shape index (κ3) is 4.60. The predicted molar refractivity (Wildman–Crippen MR) is 87.1 cm³/mol. The van der Waals surface area contributed by atoms with E-state index in [1.54, 1.807) is 0 Å². The maximum atomic E-state index is 3.66. The molecule has 112 valence electrons. The first kappa shape index (κ1) is 15.5. The number of hydrogen-bond donors (Lipinski definition) is 1.